The lowest BCUT2D eigenvalue weighted by Crippen LogP contribution is -2.04. The standard InChI is InChI=1S/C15H20N2/c1-11(2)13(4)14(9-16)10-17-15-7-5-6-12(3)8-15/h5-10,13H,1,16H2,2-4H3/b14-9+,17-10?. The van der Waals surface area contributed by atoms with Crippen molar-refractivity contribution in [3.05, 3.63) is 53.8 Å². The lowest BCUT2D eigenvalue weighted by atomic mass is 9.96. The van der Waals surface area contributed by atoms with Crippen molar-refractivity contribution >= 4 is 11.9 Å². The number of hydrogen-bond donors (Lipinski definition) is 1. The van der Waals surface area contributed by atoms with Crippen LogP contribution in [-0.2, 0) is 0 Å². The van der Waals surface area contributed by atoms with Gasteiger partial charge < -0.3 is 5.73 Å². The second-order valence-electron chi connectivity index (χ2n) is 4.33. The molecule has 0 saturated carbocycles. The molecule has 0 amide bonds. The number of aryl methyl sites for hydroxylation is 1. The first-order valence-electron chi connectivity index (χ1n) is 5.72. The fourth-order valence-electron chi connectivity index (χ4n) is 1.44. The fourth-order valence-corrected chi connectivity index (χ4v) is 1.44. The Morgan fingerprint density at radius 1 is 1.47 bits per heavy atom. The average molecular weight is 228 g/mol. The summed E-state index contributed by atoms with van der Waals surface area (Å²) in [7, 11) is 0. The second kappa shape index (κ2) is 6.04. The van der Waals surface area contributed by atoms with Crippen LogP contribution in [0.15, 0.2) is 53.2 Å². The SMILES string of the molecule is C=C(C)C(C)/C(C=Nc1cccc(C)c1)=C/N. The summed E-state index contributed by atoms with van der Waals surface area (Å²) in [6.07, 6.45) is 3.41. The summed E-state index contributed by atoms with van der Waals surface area (Å²) in [5, 5.41) is 0. The third kappa shape index (κ3) is 3.91. The summed E-state index contributed by atoms with van der Waals surface area (Å²) >= 11 is 0. The minimum Gasteiger partial charge on any atom is -0.404 e. The molecule has 0 aromatic heterocycles. The molecule has 0 saturated heterocycles. The Bertz CT molecular complexity index is 456. The van der Waals surface area contributed by atoms with Gasteiger partial charge in [0.15, 0.2) is 0 Å². The van der Waals surface area contributed by atoms with Crippen LogP contribution in [0.1, 0.15) is 19.4 Å². The Morgan fingerprint density at radius 2 is 2.18 bits per heavy atom. The molecule has 0 bridgehead atoms. The Balaban J connectivity index is 2.86. The van der Waals surface area contributed by atoms with Gasteiger partial charge in [-0.3, -0.25) is 4.99 Å². The summed E-state index contributed by atoms with van der Waals surface area (Å²) in [5.74, 6) is 0.230. The molecule has 0 heterocycles. The predicted octanol–water partition coefficient (Wildman–Crippen LogP) is 3.75. The fraction of sp³-hybridized carbons (Fsp3) is 0.267. The number of rotatable bonds is 4. The Labute approximate surface area is 104 Å². The molecule has 1 unspecified atom stereocenters. The van der Waals surface area contributed by atoms with Gasteiger partial charge in [-0.2, -0.15) is 0 Å². The highest BCUT2D eigenvalue weighted by atomic mass is 14.7. The van der Waals surface area contributed by atoms with E-state index in [0.717, 1.165) is 16.8 Å². The first-order valence-corrected chi connectivity index (χ1v) is 5.72. The molecule has 2 heteroatoms. The van der Waals surface area contributed by atoms with Crippen molar-refractivity contribution in [3.63, 3.8) is 0 Å². The number of nitrogens with zero attached hydrogens (tertiary/aromatic N) is 1. The van der Waals surface area contributed by atoms with Gasteiger partial charge in [0.2, 0.25) is 0 Å². The van der Waals surface area contributed by atoms with Crippen LogP contribution in [0.25, 0.3) is 0 Å². The monoisotopic (exact) mass is 228 g/mol. The molecule has 17 heavy (non-hydrogen) atoms. The van der Waals surface area contributed by atoms with E-state index in [4.69, 9.17) is 5.73 Å². The zero-order valence-electron chi connectivity index (χ0n) is 10.8. The second-order valence-corrected chi connectivity index (χ2v) is 4.33. The van der Waals surface area contributed by atoms with Crippen LogP contribution < -0.4 is 5.73 Å². The van der Waals surface area contributed by atoms with Crippen LogP contribution in [0.2, 0.25) is 0 Å². The van der Waals surface area contributed by atoms with Gasteiger partial charge in [0, 0.05) is 12.1 Å². The third-order valence-corrected chi connectivity index (χ3v) is 2.80. The number of aliphatic imine (C=N–C) groups is 1. The Morgan fingerprint density at radius 3 is 2.71 bits per heavy atom. The highest BCUT2D eigenvalue weighted by Crippen LogP contribution is 2.18. The number of nitrogens with two attached hydrogens (primary N) is 1. The highest BCUT2D eigenvalue weighted by Gasteiger charge is 2.06. The number of allylic oxidation sites excluding steroid dienone is 2. The Hall–Kier alpha value is -1.83. The largest absolute Gasteiger partial charge is 0.404 e. The molecule has 0 spiro atoms. The lowest BCUT2D eigenvalue weighted by molar-refractivity contribution is 0.839. The molecule has 90 valence electrons. The summed E-state index contributed by atoms with van der Waals surface area (Å²) < 4.78 is 0. The van der Waals surface area contributed by atoms with Gasteiger partial charge in [-0.1, -0.05) is 31.2 Å². The third-order valence-electron chi connectivity index (χ3n) is 2.80. The van der Waals surface area contributed by atoms with Crippen molar-refractivity contribution < 1.29 is 0 Å². The molecule has 0 fully saturated rings. The molecule has 2 N–H and O–H groups in total. The van der Waals surface area contributed by atoms with Crippen molar-refractivity contribution in [1.29, 1.82) is 0 Å². The van der Waals surface area contributed by atoms with E-state index in [0.29, 0.717) is 0 Å². The summed E-state index contributed by atoms with van der Waals surface area (Å²) in [5.41, 5.74) is 9.82. The van der Waals surface area contributed by atoms with Crippen molar-refractivity contribution in [3.8, 4) is 0 Å². The summed E-state index contributed by atoms with van der Waals surface area (Å²) in [6, 6.07) is 8.06. The molecular weight excluding hydrogens is 208 g/mol. The van der Waals surface area contributed by atoms with Crippen LogP contribution in [0, 0.1) is 12.8 Å². The molecule has 2 nitrogen and oxygen atoms in total. The van der Waals surface area contributed by atoms with Gasteiger partial charge in [0.05, 0.1) is 5.69 Å². The first-order chi connectivity index (χ1) is 8.04. The van der Waals surface area contributed by atoms with Crippen LogP contribution in [-0.4, -0.2) is 6.21 Å². The van der Waals surface area contributed by atoms with Crippen LogP contribution in [0.4, 0.5) is 5.69 Å². The van der Waals surface area contributed by atoms with E-state index in [1.54, 1.807) is 6.20 Å². The average Bonchev–Trinajstić information content (AvgIpc) is 2.29. The van der Waals surface area contributed by atoms with Crippen LogP contribution >= 0.6 is 0 Å². The van der Waals surface area contributed by atoms with E-state index in [1.165, 1.54) is 5.56 Å². The van der Waals surface area contributed by atoms with E-state index >= 15 is 0 Å². The predicted molar refractivity (Wildman–Crippen MR) is 75.6 cm³/mol. The minimum absolute atomic E-state index is 0.230. The van der Waals surface area contributed by atoms with E-state index in [-0.39, 0.29) is 5.92 Å². The van der Waals surface area contributed by atoms with Crippen LogP contribution in [0.5, 0.6) is 0 Å². The molecule has 1 aromatic rings. The molecule has 1 aromatic carbocycles. The van der Waals surface area contributed by atoms with Gasteiger partial charge in [0.25, 0.3) is 0 Å². The maximum absolute atomic E-state index is 5.61. The van der Waals surface area contributed by atoms with Gasteiger partial charge in [-0.25, -0.2) is 0 Å². The zero-order valence-corrected chi connectivity index (χ0v) is 10.8. The molecular formula is C15H20N2. The summed E-state index contributed by atoms with van der Waals surface area (Å²) in [4.78, 5) is 4.43. The maximum Gasteiger partial charge on any atom is 0.0632 e. The zero-order chi connectivity index (χ0) is 12.8. The smallest absolute Gasteiger partial charge is 0.0632 e. The van der Waals surface area contributed by atoms with E-state index in [9.17, 15) is 0 Å². The van der Waals surface area contributed by atoms with Crippen molar-refractivity contribution in [2.75, 3.05) is 0 Å². The van der Waals surface area contributed by atoms with E-state index in [1.807, 2.05) is 31.3 Å². The van der Waals surface area contributed by atoms with Gasteiger partial charge >= 0.3 is 0 Å². The first kappa shape index (κ1) is 13.2. The minimum atomic E-state index is 0.230. The molecule has 1 atom stereocenters. The highest BCUT2D eigenvalue weighted by molar-refractivity contribution is 5.82. The van der Waals surface area contributed by atoms with E-state index in [2.05, 4.69) is 31.5 Å². The molecule has 0 radical (unpaired) electrons. The van der Waals surface area contributed by atoms with Gasteiger partial charge in [-0.05, 0) is 43.3 Å². The number of hydrogen-bond acceptors (Lipinski definition) is 2. The van der Waals surface area contributed by atoms with Gasteiger partial charge in [0.1, 0.15) is 0 Å². The quantitative estimate of drug-likeness (QED) is 0.618. The van der Waals surface area contributed by atoms with E-state index < -0.39 is 0 Å². The normalized spacial score (nSPS) is 13.9. The van der Waals surface area contributed by atoms with Gasteiger partial charge in [-0.15, -0.1) is 0 Å². The summed E-state index contributed by atoms with van der Waals surface area (Å²) in [6.45, 7) is 10.1. The maximum atomic E-state index is 5.61. The van der Waals surface area contributed by atoms with Crippen molar-refractivity contribution in [1.82, 2.24) is 0 Å². The molecule has 0 aliphatic heterocycles. The Kier molecular flexibility index (Phi) is 4.70. The number of benzene rings is 1. The topological polar surface area (TPSA) is 38.4 Å². The van der Waals surface area contributed by atoms with Crippen LogP contribution in [0.3, 0.4) is 0 Å². The molecule has 0 aliphatic carbocycles. The van der Waals surface area contributed by atoms with Crippen molar-refractivity contribution in [2.24, 2.45) is 16.6 Å². The molecule has 1 rings (SSSR count). The lowest BCUT2D eigenvalue weighted by Gasteiger charge is -2.11. The molecule has 0 aliphatic rings. The van der Waals surface area contributed by atoms with Crippen molar-refractivity contribution in [2.45, 2.75) is 20.8 Å².